The molecule has 0 aliphatic rings. The smallest absolute Gasteiger partial charge is 0.263 e. The van der Waals surface area contributed by atoms with E-state index in [0.29, 0.717) is 21.4 Å². The van der Waals surface area contributed by atoms with Crippen LogP contribution in [-0.2, 0) is 12.2 Å². The van der Waals surface area contributed by atoms with Crippen LogP contribution in [0.4, 0.5) is 4.39 Å². The highest BCUT2D eigenvalue weighted by Gasteiger charge is 2.25. The molecule has 0 radical (unpaired) electrons. The van der Waals surface area contributed by atoms with E-state index in [2.05, 4.69) is 25.9 Å². The maximum Gasteiger partial charge on any atom is 0.263 e. The highest BCUT2D eigenvalue weighted by Crippen LogP contribution is 2.25. The lowest BCUT2D eigenvalue weighted by molar-refractivity contribution is 0.0769. The maximum absolute atomic E-state index is 14.1. The first-order chi connectivity index (χ1) is 17.4. The van der Waals surface area contributed by atoms with Gasteiger partial charge in [0.05, 0.1) is 21.9 Å². The first-order valence-electron chi connectivity index (χ1n) is 11.1. The van der Waals surface area contributed by atoms with E-state index in [9.17, 15) is 19.1 Å². The molecule has 0 spiro atoms. The van der Waals surface area contributed by atoms with Gasteiger partial charge in [-0.1, -0.05) is 11.6 Å². The van der Waals surface area contributed by atoms with Crippen molar-refractivity contribution < 1.29 is 14.2 Å². The lowest BCUT2D eigenvalue weighted by Gasteiger charge is -2.20. The molecule has 4 heterocycles. The number of hydrogen-bond donors (Lipinski definition) is 1. The van der Waals surface area contributed by atoms with Gasteiger partial charge in [-0.05, 0) is 61.3 Å². The lowest BCUT2D eigenvalue weighted by Crippen LogP contribution is -2.32. The number of aryl methyl sites for hydroxylation is 2. The minimum atomic E-state index is -1.47. The molecular weight excluding hydrogens is 567 g/mol. The molecule has 0 aliphatic carbocycles. The fraction of sp³-hybridized carbons (Fsp3) is 0.231. The van der Waals surface area contributed by atoms with E-state index in [4.69, 9.17) is 16.3 Å². The second-order valence-electron chi connectivity index (χ2n) is 8.98. The topological polar surface area (TPSA) is 99.2 Å². The van der Waals surface area contributed by atoms with Crippen molar-refractivity contribution in [3.63, 3.8) is 0 Å². The number of pyridine rings is 4. The summed E-state index contributed by atoms with van der Waals surface area (Å²) < 4.78 is 22.9. The predicted octanol–water partition coefficient (Wildman–Crippen LogP) is 4.76. The number of aromatic nitrogens is 4. The van der Waals surface area contributed by atoms with Crippen LogP contribution in [-0.4, -0.2) is 24.2 Å². The molecule has 4 rings (SSSR count). The quantitative estimate of drug-likeness (QED) is 0.348. The van der Waals surface area contributed by atoms with Gasteiger partial charge in [-0.15, -0.1) is 0 Å². The molecule has 192 valence electrons. The van der Waals surface area contributed by atoms with Crippen molar-refractivity contribution in [1.82, 2.24) is 19.1 Å². The second-order valence-corrected chi connectivity index (χ2v) is 10.3. The van der Waals surface area contributed by atoms with Crippen molar-refractivity contribution >= 4 is 27.5 Å². The van der Waals surface area contributed by atoms with Crippen LogP contribution >= 0.6 is 27.5 Å². The third-order valence-corrected chi connectivity index (χ3v) is 6.40. The minimum absolute atomic E-state index is 0.0344. The van der Waals surface area contributed by atoms with Gasteiger partial charge in [0.15, 0.2) is 0 Å². The Balaban J connectivity index is 1.72. The summed E-state index contributed by atoms with van der Waals surface area (Å²) in [5.74, 6) is -0.0146. The Kier molecular flexibility index (Phi) is 7.36. The normalized spacial score (nSPS) is 11.6. The number of aliphatic hydroxyl groups is 1. The Morgan fingerprint density at radius 2 is 1.86 bits per heavy atom. The Labute approximate surface area is 225 Å². The van der Waals surface area contributed by atoms with Gasteiger partial charge in [0.25, 0.3) is 11.1 Å². The van der Waals surface area contributed by atoms with Crippen LogP contribution < -0.4 is 15.9 Å². The summed E-state index contributed by atoms with van der Waals surface area (Å²) in [5.41, 5.74) is -0.495. The van der Waals surface area contributed by atoms with Crippen molar-refractivity contribution in [3.05, 3.63) is 107 Å². The highest BCUT2D eigenvalue weighted by molar-refractivity contribution is 9.10. The van der Waals surface area contributed by atoms with E-state index >= 15 is 0 Å². The molecule has 0 aromatic carbocycles. The van der Waals surface area contributed by atoms with E-state index in [1.165, 1.54) is 53.6 Å². The summed E-state index contributed by atoms with van der Waals surface area (Å²) in [7, 11) is 0. The number of rotatable bonds is 6. The van der Waals surface area contributed by atoms with Gasteiger partial charge in [0, 0.05) is 47.0 Å². The molecule has 8 nitrogen and oxygen atoms in total. The predicted molar refractivity (Wildman–Crippen MR) is 141 cm³/mol. The minimum Gasteiger partial charge on any atom is -0.487 e. The number of ether oxygens (including phenoxy) is 1. The summed E-state index contributed by atoms with van der Waals surface area (Å²) >= 11 is 9.34. The molecule has 11 heteroatoms. The van der Waals surface area contributed by atoms with Crippen LogP contribution in [0.15, 0.2) is 63.0 Å². The van der Waals surface area contributed by atoms with Crippen molar-refractivity contribution in [2.45, 2.75) is 39.9 Å². The van der Waals surface area contributed by atoms with Gasteiger partial charge in [-0.2, -0.15) is 0 Å². The zero-order chi connectivity index (χ0) is 27.1. The fourth-order valence-corrected chi connectivity index (χ4v) is 4.56. The molecule has 0 fully saturated rings. The first kappa shape index (κ1) is 26.7. The molecule has 0 amide bonds. The zero-order valence-corrected chi connectivity index (χ0v) is 22.8. The van der Waals surface area contributed by atoms with Gasteiger partial charge >= 0.3 is 0 Å². The summed E-state index contributed by atoms with van der Waals surface area (Å²) in [6.07, 6.45) is 4.47. The van der Waals surface area contributed by atoms with Crippen LogP contribution in [0.3, 0.4) is 0 Å². The van der Waals surface area contributed by atoms with Crippen LogP contribution in [0.25, 0.3) is 11.5 Å². The van der Waals surface area contributed by atoms with Gasteiger partial charge < -0.3 is 9.84 Å². The Morgan fingerprint density at radius 1 is 1.14 bits per heavy atom. The molecular formula is C26H23BrClFN4O4. The van der Waals surface area contributed by atoms with Gasteiger partial charge in [-0.3, -0.25) is 23.7 Å². The Hall–Kier alpha value is -3.34. The third kappa shape index (κ3) is 5.51. The zero-order valence-electron chi connectivity index (χ0n) is 20.4. The van der Waals surface area contributed by atoms with Crippen molar-refractivity contribution in [3.8, 4) is 17.3 Å². The summed E-state index contributed by atoms with van der Waals surface area (Å²) in [5, 5.41) is 10.6. The van der Waals surface area contributed by atoms with E-state index < -0.39 is 17.0 Å². The molecule has 0 bridgehead atoms. The first-order valence-corrected chi connectivity index (χ1v) is 12.3. The van der Waals surface area contributed by atoms with Crippen LogP contribution in [0, 0.1) is 19.7 Å². The molecule has 0 saturated carbocycles. The van der Waals surface area contributed by atoms with Gasteiger partial charge in [0.2, 0.25) is 0 Å². The second kappa shape index (κ2) is 10.2. The summed E-state index contributed by atoms with van der Waals surface area (Å²) in [4.78, 5) is 34.6. The largest absolute Gasteiger partial charge is 0.487 e. The van der Waals surface area contributed by atoms with Crippen LogP contribution in [0.1, 0.15) is 36.4 Å². The molecule has 4 aromatic rings. The Bertz CT molecular complexity index is 1630. The Morgan fingerprint density at radius 3 is 2.51 bits per heavy atom. The van der Waals surface area contributed by atoms with Crippen LogP contribution in [0.5, 0.6) is 5.75 Å². The molecule has 0 atom stereocenters. The molecule has 1 N–H and O–H groups in total. The number of hydrogen-bond acceptors (Lipinski definition) is 6. The molecule has 0 aliphatic heterocycles. The highest BCUT2D eigenvalue weighted by atomic mass is 79.9. The van der Waals surface area contributed by atoms with Crippen molar-refractivity contribution in [1.29, 1.82) is 0 Å². The van der Waals surface area contributed by atoms with E-state index in [1.807, 2.05) is 0 Å². The van der Waals surface area contributed by atoms with Crippen molar-refractivity contribution in [2.75, 3.05) is 0 Å². The summed E-state index contributed by atoms with van der Waals surface area (Å²) in [6.45, 7) is 6.32. The average molecular weight is 590 g/mol. The van der Waals surface area contributed by atoms with E-state index in [0.717, 1.165) is 0 Å². The van der Waals surface area contributed by atoms with Crippen LogP contribution in [0.2, 0.25) is 5.02 Å². The molecule has 37 heavy (non-hydrogen) atoms. The maximum atomic E-state index is 14.1. The fourth-order valence-electron chi connectivity index (χ4n) is 3.89. The molecule has 0 saturated heterocycles. The number of nitrogens with zero attached hydrogens (tertiary/aromatic N) is 4. The number of halogens is 3. The monoisotopic (exact) mass is 588 g/mol. The molecule has 4 aromatic heterocycles. The van der Waals surface area contributed by atoms with E-state index in [-0.39, 0.29) is 40.0 Å². The van der Waals surface area contributed by atoms with E-state index in [1.54, 1.807) is 32.2 Å². The van der Waals surface area contributed by atoms with Gasteiger partial charge in [0.1, 0.15) is 29.7 Å². The average Bonchev–Trinajstić information content (AvgIpc) is 2.79. The summed E-state index contributed by atoms with van der Waals surface area (Å²) in [6, 6.07) is 7.34. The lowest BCUT2D eigenvalue weighted by atomic mass is 10.00. The third-order valence-electron chi connectivity index (χ3n) is 5.65. The van der Waals surface area contributed by atoms with Crippen molar-refractivity contribution in [2.24, 2.45) is 0 Å². The SMILES string of the molecule is Cc1cnc(-n2ccc(Cl)c(C(C)(C)O)c2=O)cc1-n1c(C)cc(OCc2ncc(Br)cc2F)cc1=O. The standard InChI is InChI=1S/C26H23BrClFN4O4/c1-14-11-31-22(32-6-5-18(28)24(25(32)35)26(3,4)36)10-21(14)33-15(2)7-17(9-23(33)34)37-13-20-19(29)8-16(27)12-30-20/h5-12,36H,13H2,1-4H3. The molecule has 0 unspecified atom stereocenters. The van der Waals surface area contributed by atoms with Gasteiger partial charge in [-0.25, -0.2) is 9.37 Å².